The summed E-state index contributed by atoms with van der Waals surface area (Å²) >= 11 is 22.2. The van der Waals surface area contributed by atoms with Crippen molar-refractivity contribution in [2.75, 3.05) is 0 Å². The standard InChI is InChI=1S/6CNS.6K/c6*2-1-3;;;;;;/q6*-1;6*+1. The molecule has 0 saturated heterocycles. The van der Waals surface area contributed by atoms with Gasteiger partial charge in [-0.25, -0.2) is 0 Å². The molecule has 0 amide bonds. The minimum atomic E-state index is 0. The molecule has 0 rings (SSSR count). The maximum absolute atomic E-state index is 7.13. The third-order valence-corrected chi connectivity index (χ3v) is 0. The summed E-state index contributed by atoms with van der Waals surface area (Å²) in [7, 11) is 0. The Labute approximate surface area is 429 Å². The Hall–Kier alpha value is 8.62. The zero-order chi connectivity index (χ0) is 16.2. The Bertz CT molecular complexity index is 267. The molecule has 24 heavy (non-hydrogen) atoms. The Balaban J connectivity index is -0.00000000686. The van der Waals surface area contributed by atoms with E-state index >= 15 is 0 Å². The molecule has 0 N–H and O–H groups in total. The number of rotatable bonds is 0. The predicted molar refractivity (Wildman–Crippen MR) is 95.7 cm³/mol. The smallest absolute Gasteiger partial charge is 0.753 e. The van der Waals surface area contributed by atoms with E-state index in [1.807, 2.05) is 0 Å². The van der Waals surface area contributed by atoms with Gasteiger partial charge in [-0.1, -0.05) is 73.3 Å². The van der Waals surface area contributed by atoms with E-state index in [9.17, 15) is 0 Å². The van der Waals surface area contributed by atoms with Crippen molar-refractivity contribution in [2.45, 2.75) is 0 Å². The molecule has 18 heteroatoms. The first-order valence-corrected chi connectivity index (χ1v) is 5.02. The molecule has 0 spiro atoms. The second-order valence-electron chi connectivity index (χ2n) is 0.548. The van der Waals surface area contributed by atoms with Crippen molar-refractivity contribution in [1.29, 1.82) is 0 Å². The van der Waals surface area contributed by atoms with Gasteiger partial charge < -0.3 is 32.5 Å². The summed E-state index contributed by atoms with van der Waals surface area (Å²) in [6, 6.07) is 0. The topological polar surface area (TPSA) is 134 Å². The number of thiocarbonyl (C=S) groups is 6. The summed E-state index contributed by atoms with van der Waals surface area (Å²) in [6.07, 6.45) is 0. The first kappa shape index (κ1) is 76.7. The fourth-order valence-electron chi connectivity index (χ4n) is 0. The summed E-state index contributed by atoms with van der Waals surface area (Å²) in [5, 5.41) is 50.8. The molecule has 0 atom stereocenters. The Morgan fingerprint density at radius 1 is 0.292 bits per heavy atom. The Morgan fingerprint density at radius 3 is 0.292 bits per heavy atom. The van der Waals surface area contributed by atoms with Crippen LogP contribution in [0.2, 0.25) is 0 Å². The van der Waals surface area contributed by atoms with E-state index in [1.165, 1.54) is 31.0 Å². The van der Waals surface area contributed by atoms with Crippen LogP contribution in [-0.2, 0) is 0 Å². The van der Waals surface area contributed by atoms with Crippen molar-refractivity contribution in [3.8, 4) is 0 Å². The third kappa shape index (κ3) is 362. The van der Waals surface area contributed by atoms with Gasteiger partial charge in [0.25, 0.3) is 0 Å². The molecule has 96 valence electrons. The largest absolute Gasteiger partial charge is 1.00 e. The van der Waals surface area contributed by atoms with E-state index in [-0.39, 0.29) is 308 Å². The minimum absolute atomic E-state index is 0. The Morgan fingerprint density at radius 2 is 0.292 bits per heavy atom. The molecule has 0 bridgehead atoms. The molecule has 0 unspecified atom stereocenters. The van der Waals surface area contributed by atoms with Crippen molar-refractivity contribution < 1.29 is 308 Å². The molecule has 0 aromatic heterocycles. The van der Waals surface area contributed by atoms with Crippen LogP contribution in [0.25, 0.3) is 32.5 Å². The third-order valence-electron chi connectivity index (χ3n) is 0. The predicted octanol–water partition coefficient (Wildman–Crippen LogP) is -14.0. The zero-order valence-corrected chi connectivity index (χ0v) is 37.8. The molecule has 0 aliphatic rings. The SMILES string of the molecule is [K+].[K+].[K+].[K+].[K+].[K+].[N-]=C=S.[N-]=C=S.[N-]=C=S.[N-]=C=S.[N-]=C=S.[N-]=C=S. The van der Waals surface area contributed by atoms with Crippen molar-refractivity contribution in [2.24, 2.45) is 0 Å². The van der Waals surface area contributed by atoms with Gasteiger partial charge in [-0.2, -0.15) is 31.0 Å². The maximum Gasteiger partial charge on any atom is 1.00 e. The molecule has 0 aromatic carbocycles. The molecule has 0 fully saturated rings. The summed E-state index contributed by atoms with van der Waals surface area (Å²) < 4.78 is 0. The van der Waals surface area contributed by atoms with Crippen LogP contribution in [0, 0.1) is 0 Å². The van der Waals surface area contributed by atoms with E-state index in [0.29, 0.717) is 0 Å². The molecule has 0 aliphatic heterocycles. The van der Waals surface area contributed by atoms with Gasteiger partial charge in [0.15, 0.2) is 0 Å². The van der Waals surface area contributed by atoms with E-state index in [2.05, 4.69) is 73.3 Å². The number of hydrogen-bond acceptors (Lipinski definition) is 6. The molecule has 0 aromatic rings. The van der Waals surface area contributed by atoms with Crippen LogP contribution in [0.15, 0.2) is 0 Å². The van der Waals surface area contributed by atoms with Gasteiger partial charge in [-0.15, -0.1) is 0 Å². The molecular formula is C6K6N6S6. The van der Waals surface area contributed by atoms with Crippen LogP contribution in [0.3, 0.4) is 0 Å². The van der Waals surface area contributed by atoms with Gasteiger partial charge in [0, 0.05) is 0 Å². The minimum Gasteiger partial charge on any atom is -0.753 e. The second-order valence-corrected chi connectivity index (χ2v) is 1.64. The van der Waals surface area contributed by atoms with Gasteiger partial charge in [0.2, 0.25) is 0 Å². The Kier molecular flexibility index (Phi) is 443. The van der Waals surface area contributed by atoms with Crippen LogP contribution >= 0.6 is 73.3 Å². The normalized spacial score (nSPS) is 2.00. The van der Waals surface area contributed by atoms with Crippen molar-refractivity contribution in [1.82, 2.24) is 0 Å². The van der Waals surface area contributed by atoms with Crippen LogP contribution in [0.5, 0.6) is 0 Å². The molecule has 0 aliphatic carbocycles. The van der Waals surface area contributed by atoms with Crippen molar-refractivity contribution in [3.05, 3.63) is 32.5 Å². The zero-order valence-electron chi connectivity index (χ0n) is 14.1. The maximum atomic E-state index is 7.13. The number of isothiocyanates is 6. The quantitative estimate of drug-likeness (QED) is 0.158. The first-order chi connectivity index (χ1) is 8.49. The van der Waals surface area contributed by atoms with Crippen molar-refractivity contribution >= 4 is 104 Å². The van der Waals surface area contributed by atoms with Crippen LogP contribution < -0.4 is 308 Å². The van der Waals surface area contributed by atoms with Gasteiger partial charge in [-0.3, -0.25) is 0 Å². The summed E-state index contributed by atoms with van der Waals surface area (Å²) in [4.78, 5) is 0. The number of hydrogen-bond donors (Lipinski definition) is 0. The van der Waals surface area contributed by atoms with Crippen LogP contribution in [-0.4, -0.2) is 31.0 Å². The fourth-order valence-corrected chi connectivity index (χ4v) is 0. The average Bonchev–Trinajstić information content (AvgIpc) is 2.23. The van der Waals surface area contributed by atoms with Crippen molar-refractivity contribution in [3.63, 3.8) is 0 Å². The summed E-state index contributed by atoms with van der Waals surface area (Å²) in [5.74, 6) is 0. The van der Waals surface area contributed by atoms with Gasteiger partial charge in [0.1, 0.15) is 0 Å². The molecule has 0 saturated carbocycles. The summed E-state index contributed by atoms with van der Waals surface area (Å²) in [5.41, 5.74) is 0. The fraction of sp³-hybridized carbons (Fsp3) is 0. The molecule has 0 heterocycles. The first-order valence-electron chi connectivity index (χ1n) is 2.57. The van der Waals surface area contributed by atoms with E-state index in [0.717, 1.165) is 0 Å². The average molecular weight is 583 g/mol. The molecule has 6 nitrogen and oxygen atoms in total. The van der Waals surface area contributed by atoms with Crippen LogP contribution in [0.1, 0.15) is 0 Å². The summed E-state index contributed by atoms with van der Waals surface area (Å²) in [6.45, 7) is 0. The van der Waals surface area contributed by atoms with Gasteiger partial charge in [0.05, 0.1) is 0 Å². The van der Waals surface area contributed by atoms with E-state index in [4.69, 9.17) is 32.5 Å². The number of nitrogens with zero attached hydrogens (tertiary/aromatic N) is 6. The second kappa shape index (κ2) is 139. The van der Waals surface area contributed by atoms with Gasteiger partial charge >= 0.3 is 308 Å². The molecule has 0 radical (unpaired) electrons. The van der Waals surface area contributed by atoms with E-state index in [1.54, 1.807) is 0 Å². The van der Waals surface area contributed by atoms with Gasteiger partial charge in [-0.05, 0) is 0 Å². The van der Waals surface area contributed by atoms with Crippen LogP contribution in [0.4, 0.5) is 0 Å². The monoisotopic (exact) mass is 582 g/mol. The van der Waals surface area contributed by atoms with E-state index < -0.39 is 0 Å². The molecular weight excluding hydrogens is 583 g/mol.